The van der Waals surface area contributed by atoms with Crippen LogP contribution >= 0.6 is 0 Å². The molecule has 0 saturated carbocycles. The average molecular weight is 334 g/mol. The van der Waals surface area contributed by atoms with Gasteiger partial charge in [-0.2, -0.15) is 5.10 Å². The second kappa shape index (κ2) is 7.32. The second-order valence-electron chi connectivity index (χ2n) is 6.17. The summed E-state index contributed by atoms with van der Waals surface area (Å²) in [5.74, 6) is -0.0604. The number of rotatable bonds is 5. The summed E-state index contributed by atoms with van der Waals surface area (Å²) in [7, 11) is 3.77. The van der Waals surface area contributed by atoms with Crippen LogP contribution in [0.4, 0.5) is 5.69 Å². The molecule has 128 valence electrons. The van der Waals surface area contributed by atoms with Crippen molar-refractivity contribution in [1.29, 1.82) is 0 Å². The van der Waals surface area contributed by atoms with Crippen molar-refractivity contribution >= 4 is 11.6 Å². The molecule has 1 atom stereocenters. The average Bonchev–Trinajstić information content (AvgIpc) is 3.06. The van der Waals surface area contributed by atoms with Gasteiger partial charge in [0.2, 0.25) is 5.91 Å². The minimum atomic E-state index is -0.233. The van der Waals surface area contributed by atoms with Gasteiger partial charge in [-0.15, -0.1) is 0 Å². The van der Waals surface area contributed by atoms with E-state index in [1.807, 2.05) is 92.8 Å². The normalized spacial score (nSPS) is 12.2. The number of para-hydroxylation sites is 1. The highest BCUT2D eigenvalue weighted by atomic mass is 16.2. The predicted octanol–water partition coefficient (Wildman–Crippen LogP) is 3.43. The molecule has 3 aromatic rings. The molecule has 1 heterocycles. The highest BCUT2D eigenvalue weighted by molar-refractivity contribution is 5.97. The summed E-state index contributed by atoms with van der Waals surface area (Å²) < 4.78 is 1.79. The molecule has 0 saturated heterocycles. The summed E-state index contributed by atoms with van der Waals surface area (Å²) in [5.41, 5.74) is 3.36. The van der Waals surface area contributed by atoms with Gasteiger partial charge in [-0.05, 0) is 33.2 Å². The summed E-state index contributed by atoms with van der Waals surface area (Å²) in [6, 6.07) is 19.5. The van der Waals surface area contributed by atoms with E-state index in [4.69, 9.17) is 5.10 Å². The largest absolute Gasteiger partial charge is 0.322 e. The fourth-order valence-corrected chi connectivity index (χ4v) is 2.46. The maximum Gasteiger partial charge on any atom is 0.241 e. The van der Waals surface area contributed by atoms with Gasteiger partial charge >= 0.3 is 0 Å². The van der Waals surface area contributed by atoms with E-state index in [-0.39, 0.29) is 11.9 Å². The molecule has 0 spiro atoms. The number of nitrogens with one attached hydrogen (secondary N) is 1. The van der Waals surface area contributed by atoms with Crippen LogP contribution < -0.4 is 5.32 Å². The fourth-order valence-electron chi connectivity index (χ4n) is 2.46. The van der Waals surface area contributed by atoms with Crippen LogP contribution in [0, 0.1) is 0 Å². The van der Waals surface area contributed by atoms with Gasteiger partial charge in [0.05, 0.1) is 23.6 Å². The van der Waals surface area contributed by atoms with Gasteiger partial charge in [0.15, 0.2) is 0 Å². The van der Waals surface area contributed by atoms with Crippen molar-refractivity contribution in [3.05, 3.63) is 66.9 Å². The molecule has 5 heteroatoms. The lowest BCUT2D eigenvalue weighted by atomic mass is 10.1. The van der Waals surface area contributed by atoms with Crippen LogP contribution in [-0.2, 0) is 4.79 Å². The quantitative estimate of drug-likeness (QED) is 0.778. The van der Waals surface area contributed by atoms with Crippen LogP contribution in [0.2, 0.25) is 0 Å². The third kappa shape index (κ3) is 3.78. The van der Waals surface area contributed by atoms with Crippen LogP contribution in [0.1, 0.15) is 6.92 Å². The van der Waals surface area contributed by atoms with E-state index in [0.717, 1.165) is 16.9 Å². The third-order valence-corrected chi connectivity index (χ3v) is 4.19. The number of likely N-dealkylation sites (N-methyl/N-ethyl adjacent to an activating group) is 1. The van der Waals surface area contributed by atoms with Crippen molar-refractivity contribution in [2.75, 3.05) is 19.4 Å². The number of hydrogen-bond donors (Lipinski definition) is 1. The van der Waals surface area contributed by atoms with Crippen LogP contribution in [-0.4, -0.2) is 40.7 Å². The molecule has 3 rings (SSSR count). The molecular weight excluding hydrogens is 312 g/mol. The Morgan fingerprint density at radius 3 is 2.24 bits per heavy atom. The lowest BCUT2D eigenvalue weighted by molar-refractivity contribution is -0.119. The summed E-state index contributed by atoms with van der Waals surface area (Å²) >= 11 is 0. The lowest BCUT2D eigenvalue weighted by Crippen LogP contribution is -2.37. The predicted molar refractivity (Wildman–Crippen MR) is 101 cm³/mol. The molecule has 1 N–H and O–H groups in total. The van der Waals surface area contributed by atoms with E-state index in [9.17, 15) is 4.79 Å². The minimum absolute atomic E-state index is 0.0604. The SMILES string of the molecule is CC(C(=O)Nc1cn(-c2ccccc2)nc1-c1ccccc1)N(C)C. The van der Waals surface area contributed by atoms with E-state index >= 15 is 0 Å². The minimum Gasteiger partial charge on any atom is -0.322 e. The molecule has 2 aromatic carbocycles. The first kappa shape index (κ1) is 16.9. The number of amides is 1. The highest BCUT2D eigenvalue weighted by Crippen LogP contribution is 2.28. The van der Waals surface area contributed by atoms with Gasteiger partial charge in [-0.25, -0.2) is 4.68 Å². The van der Waals surface area contributed by atoms with Gasteiger partial charge in [0.25, 0.3) is 0 Å². The van der Waals surface area contributed by atoms with Crippen LogP contribution in [0.25, 0.3) is 16.9 Å². The molecule has 1 unspecified atom stereocenters. The topological polar surface area (TPSA) is 50.2 Å². The maximum atomic E-state index is 12.5. The first-order valence-electron chi connectivity index (χ1n) is 8.24. The Kier molecular flexibility index (Phi) is 4.95. The summed E-state index contributed by atoms with van der Waals surface area (Å²) in [4.78, 5) is 14.4. The van der Waals surface area contributed by atoms with Crippen molar-refractivity contribution in [1.82, 2.24) is 14.7 Å². The van der Waals surface area contributed by atoms with Crippen molar-refractivity contribution in [3.8, 4) is 16.9 Å². The highest BCUT2D eigenvalue weighted by Gasteiger charge is 2.19. The van der Waals surface area contributed by atoms with Crippen LogP contribution in [0.3, 0.4) is 0 Å². The van der Waals surface area contributed by atoms with Gasteiger partial charge in [0.1, 0.15) is 5.69 Å². The van der Waals surface area contributed by atoms with E-state index in [2.05, 4.69) is 5.32 Å². The Morgan fingerprint density at radius 1 is 1.04 bits per heavy atom. The zero-order valence-electron chi connectivity index (χ0n) is 14.7. The Balaban J connectivity index is 2.00. The first-order valence-corrected chi connectivity index (χ1v) is 8.24. The van der Waals surface area contributed by atoms with Crippen molar-refractivity contribution in [3.63, 3.8) is 0 Å². The molecule has 0 bridgehead atoms. The Labute approximate surface area is 147 Å². The van der Waals surface area contributed by atoms with Gasteiger partial charge in [0, 0.05) is 5.56 Å². The molecule has 1 amide bonds. The number of carbonyl (C=O) groups is 1. The molecule has 0 aliphatic heterocycles. The van der Waals surface area contributed by atoms with E-state index in [0.29, 0.717) is 5.69 Å². The number of hydrogen-bond acceptors (Lipinski definition) is 3. The van der Waals surface area contributed by atoms with E-state index in [1.165, 1.54) is 0 Å². The van der Waals surface area contributed by atoms with Crippen LogP contribution in [0.5, 0.6) is 0 Å². The molecule has 0 aliphatic rings. The number of nitrogens with zero attached hydrogens (tertiary/aromatic N) is 3. The molecule has 0 aliphatic carbocycles. The van der Waals surface area contributed by atoms with Gasteiger partial charge in [-0.3, -0.25) is 9.69 Å². The standard InChI is InChI=1S/C20H22N4O/c1-15(23(2)3)20(25)21-18-14-24(17-12-8-5-9-13-17)22-19(18)16-10-6-4-7-11-16/h4-15H,1-3H3,(H,21,25). The van der Waals surface area contributed by atoms with Crippen molar-refractivity contribution in [2.24, 2.45) is 0 Å². The zero-order valence-corrected chi connectivity index (χ0v) is 14.7. The van der Waals surface area contributed by atoms with Crippen molar-refractivity contribution < 1.29 is 4.79 Å². The van der Waals surface area contributed by atoms with E-state index < -0.39 is 0 Å². The lowest BCUT2D eigenvalue weighted by Gasteiger charge is -2.18. The number of aromatic nitrogens is 2. The van der Waals surface area contributed by atoms with Gasteiger partial charge in [-0.1, -0.05) is 48.5 Å². The summed E-state index contributed by atoms with van der Waals surface area (Å²) in [6.07, 6.45) is 1.86. The second-order valence-corrected chi connectivity index (χ2v) is 6.17. The first-order chi connectivity index (χ1) is 12.1. The molecule has 0 fully saturated rings. The molecule has 25 heavy (non-hydrogen) atoms. The Morgan fingerprint density at radius 2 is 1.64 bits per heavy atom. The smallest absolute Gasteiger partial charge is 0.241 e. The molecular formula is C20H22N4O. The Hall–Kier alpha value is -2.92. The van der Waals surface area contributed by atoms with Crippen molar-refractivity contribution in [2.45, 2.75) is 13.0 Å². The van der Waals surface area contributed by atoms with E-state index in [1.54, 1.807) is 4.68 Å². The molecule has 0 radical (unpaired) electrons. The summed E-state index contributed by atoms with van der Waals surface area (Å²) in [6.45, 7) is 1.87. The Bertz CT molecular complexity index is 841. The molecule has 5 nitrogen and oxygen atoms in total. The fraction of sp³-hybridized carbons (Fsp3) is 0.200. The number of benzene rings is 2. The summed E-state index contributed by atoms with van der Waals surface area (Å²) in [5, 5.41) is 7.71. The third-order valence-electron chi connectivity index (χ3n) is 4.19. The molecule has 1 aromatic heterocycles. The maximum absolute atomic E-state index is 12.5. The number of anilines is 1. The monoisotopic (exact) mass is 334 g/mol. The number of carbonyl (C=O) groups excluding carboxylic acids is 1. The van der Waals surface area contributed by atoms with Gasteiger partial charge < -0.3 is 5.32 Å². The van der Waals surface area contributed by atoms with Crippen LogP contribution in [0.15, 0.2) is 66.9 Å². The zero-order chi connectivity index (χ0) is 17.8.